The van der Waals surface area contributed by atoms with Crippen LogP contribution in [0.3, 0.4) is 0 Å². The van der Waals surface area contributed by atoms with Crippen LogP contribution >= 0.6 is 0 Å². The quantitative estimate of drug-likeness (QED) is 0.512. The second-order valence-electron chi connectivity index (χ2n) is 7.34. The molecule has 0 saturated heterocycles. The highest BCUT2D eigenvalue weighted by molar-refractivity contribution is 5.98. The van der Waals surface area contributed by atoms with Crippen LogP contribution in [0.5, 0.6) is 5.75 Å². The maximum Gasteiger partial charge on any atom is 0.322 e. The highest BCUT2D eigenvalue weighted by atomic mass is 19.1. The van der Waals surface area contributed by atoms with Gasteiger partial charge in [0.15, 0.2) is 5.75 Å². The highest BCUT2D eigenvalue weighted by Crippen LogP contribution is 2.25. The molecule has 0 aliphatic carbocycles. The van der Waals surface area contributed by atoms with Crippen LogP contribution in [0.25, 0.3) is 11.1 Å². The molecule has 0 unspecified atom stereocenters. The Bertz CT molecular complexity index is 1220. The molecule has 32 heavy (non-hydrogen) atoms. The summed E-state index contributed by atoms with van der Waals surface area (Å²) in [7, 11) is 0. The predicted molar refractivity (Wildman–Crippen MR) is 113 cm³/mol. The van der Waals surface area contributed by atoms with Gasteiger partial charge in [0.1, 0.15) is 23.6 Å². The number of pyridine rings is 1. The van der Waals surface area contributed by atoms with Gasteiger partial charge in [0.05, 0.1) is 6.54 Å². The molecular weight excluding hydrogens is 419 g/mol. The van der Waals surface area contributed by atoms with E-state index in [1.807, 2.05) is 0 Å². The monoisotopic (exact) mass is 440 g/mol. The van der Waals surface area contributed by atoms with E-state index in [9.17, 15) is 23.9 Å². The molecule has 3 rings (SSSR count). The summed E-state index contributed by atoms with van der Waals surface area (Å²) in [6, 6.07) is 7.98. The lowest BCUT2D eigenvalue weighted by Crippen LogP contribution is -2.37. The number of benzene rings is 1. The summed E-state index contributed by atoms with van der Waals surface area (Å²) in [6.07, 6.45) is 3.18. The normalized spacial score (nSPS) is 10.9. The summed E-state index contributed by atoms with van der Waals surface area (Å²) in [6.45, 7) is 2.36. The van der Waals surface area contributed by atoms with Crippen molar-refractivity contribution in [1.82, 2.24) is 20.1 Å². The van der Waals surface area contributed by atoms with E-state index in [0.29, 0.717) is 5.56 Å². The van der Waals surface area contributed by atoms with Gasteiger partial charge in [0, 0.05) is 23.9 Å². The number of carboxylic acid groups (broad SMARTS) is 1. The molecule has 0 fully saturated rings. The topological polar surface area (TPSA) is 134 Å². The molecule has 166 valence electrons. The minimum absolute atomic E-state index is 0.0545. The van der Waals surface area contributed by atoms with Gasteiger partial charge in [-0.3, -0.25) is 19.4 Å². The Balaban J connectivity index is 2.01. The van der Waals surface area contributed by atoms with Crippen LogP contribution in [-0.2, 0) is 11.3 Å². The third-order valence-electron chi connectivity index (χ3n) is 4.72. The molecule has 0 atom stereocenters. The Morgan fingerprint density at radius 3 is 2.44 bits per heavy atom. The van der Waals surface area contributed by atoms with Crippen LogP contribution < -0.4 is 10.9 Å². The minimum atomic E-state index is -1.31. The Morgan fingerprint density at radius 2 is 1.84 bits per heavy atom. The zero-order chi connectivity index (χ0) is 23.4. The predicted octanol–water partition coefficient (Wildman–Crippen LogP) is 2.14. The standard InChI is InChI=1S/C22H21FN4O5/c1-12(2)19-20(30)18(21(31)25-10-17(28)29)22(32)27(26-19)11-15-4-3-14(9-16(15)23)13-5-7-24-8-6-13/h3-9,12,30H,10-11H2,1-2H3,(H,25,31)(H,28,29). The van der Waals surface area contributed by atoms with Gasteiger partial charge in [0.2, 0.25) is 0 Å². The third kappa shape index (κ3) is 4.80. The van der Waals surface area contributed by atoms with E-state index in [1.54, 1.807) is 44.4 Å². The number of rotatable bonds is 7. The second-order valence-corrected chi connectivity index (χ2v) is 7.34. The number of carbonyl (C=O) groups is 2. The highest BCUT2D eigenvalue weighted by Gasteiger charge is 2.25. The van der Waals surface area contributed by atoms with Crippen molar-refractivity contribution >= 4 is 11.9 Å². The first-order chi connectivity index (χ1) is 15.2. The number of aromatic hydroxyl groups is 1. The summed E-state index contributed by atoms with van der Waals surface area (Å²) in [5.41, 5.74) is -0.0131. The lowest BCUT2D eigenvalue weighted by atomic mass is 10.0. The first-order valence-corrected chi connectivity index (χ1v) is 9.71. The van der Waals surface area contributed by atoms with E-state index >= 15 is 0 Å². The Hall–Kier alpha value is -4.08. The van der Waals surface area contributed by atoms with E-state index in [4.69, 9.17) is 5.11 Å². The molecule has 0 radical (unpaired) electrons. The number of aromatic nitrogens is 3. The smallest absolute Gasteiger partial charge is 0.322 e. The van der Waals surface area contributed by atoms with Gasteiger partial charge in [-0.25, -0.2) is 9.07 Å². The van der Waals surface area contributed by atoms with Gasteiger partial charge in [-0.2, -0.15) is 5.10 Å². The number of carboxylic acids is 1. The largest absolute Gasteiger partial charge is 0.505 e. The number of hydrogen-bond donors (Lipinski definition) is 3. The number of nitrogens with zero attached hydrogens (tertiary/aromatic N) is 3. The summed E-state index contributed by atoms with van der Waals surface area (Å²) in [5, 5.41) is 25.3. The molecular formula is C22H21FN4O5. The van der Waals surface area contributed by atoms with E-state index in [1.165, 1.54) is 12.1 Å². The van der Waals surface area contributed by atoms with Gasteiger partial charge in [-0.1, -0.05) is 26.0 Å². The Kier molecular flexibility index (Phi) is 6.62. The fourth-order valence-corrected chi connectivity index (χ4v) is 3.09. The molecule has 9 nitrogen and oxygen atoms in total. The first-order valence-electron chi connectivity index (χ1n) is 9.71. The first kappa shape index (κ1) is 22.6. The number of halogens is 1. The maximum absolute atomic E-state index is 14.8. The number of nitrogens with one attached hydrogen (secondary N) is 1. The van der Waals surface area contributed by atoms with Crippen molar-refractivity contribution in [3.63, 3.8) is 0 Å². The summed E-state index contributed by atoms with van der Waals surface area (Å²) in [5.74, 6) is -3.94. The van der Waals surface area contributed by atoms with E-state index in [0.717, 1.165) is 10.2 Å². The zero-order valence-electron chi connectivity index (χ0n) is 17.4. The molecule has 2 heterocycles. The molecule has 3 N–H and O–H groups in total. The SMILES string of the molecule is CC(C)c1nn(Cc2ccc(-c3ccncc3)cc2F)c(=O)c(C(=O)NCC(=O)O)c1O. The number of aliphatic carboxylic acids is 1. The van der Waals surface area contributed by atoms with Crippen molar-refractivity contribution in [2.24, 2.45) is 0 Å². The summed E-state index contributed by atoms with van der Waals surface area (Å²) >= 11 is 0. The minimum Gasteiger partial charge on any atom is -0.505 e. The summed E-state index contributed by atoms with van der Waals surface area (Å²) in [4.78, 5) is 39.9. The average Bonchev–Trinajstić information content (AvgIpc) is 2.75. The van der Waals surface area contributed by atoms with Crippen LogP contribution in [0.4, 0.5) is 4.39 Å². The van der Waals surface area contributed by atoms with Crippen molar-refractivity contribution in [1.29, 1.82) is 0 Å². The third-order valence-corrected chi connectivity index (χ3v) is 4.72. The van der Waals surface area contributed by atoms with Gasteiger partial charge < -0.3 is 15.5 Å². The van der Waals surface area contributed by atoms with Crippen molar-refractivity contribution in [3.05, 3.63) is 75.7 Å². The van der Waals surface area contributed by atoms with Crippen LogP contribution in [0.2, 0.25) is 0 Å². The fourth-order valence-electron chi connectivity index (χ4n) is 3.09. The number of carbonyl (C=O) groups excluding carboxylic acids is 1. The Labute approximate surface area is 182 Å². The van der Waals surface area contributed by atoms with Crippen LogP contribution in [0.1, 0.15) is 41.4 Å². The van der Waals surface area contributed by atoms with E-state index in [-0.39, 0.29) is 23.7 Å². The number of hydrogen-bond acceptors (Lipinski definition) is 6. The van der Waals surface area contributed by atoms with Crippen molar-refractivity contribution in [3.8, 4) is 16.9 Å². The lowest BCUT2D eigenvalue weighted by Gasteiger charge is -2.15. The fraction of sp³-hybridized carbons (Fsp3) is 0.227. The van der Waals surface area contributed by atoms with Gasteiger partial charge in [-0.05, 0) is 29.3 Å². The van der Waals surface area contributed by atoms with Crippen LogP contribution in [0.15, 0.2) is 47.5 Å². The number of amides is 1. The maximum atomic E-state index is 14.8. The zero-order valence-corrected chi connectivity index (χ0v) is 17.4. The summed E-state index contributed by atoms with van der Waals surface area (Å²) < 4.78 is 15.7. The molecule has 3 aromatic rings. The van der Waals surface area contributed by atoms with Gasteiger partial charge >= 0.3 is 5.97 Å². The molecule has 10 heteroatoms. The molecule has 1 amide bonds. The molecule has 0 aliphatic heterocycles. The molecule has 0 spiro atoms. The van der Waals surface area contributed by atoms with Gasteiger partial charge in [0.25, 0.3) is 11.5 Å². The lowest BCUT2D eigenvalue weighted by molar-refractivity contribution is -0.135. The van der Waals surface area contributed by atoms with Gasteiger partial charge in [-0.15, -0.1) is 0 Å². The van der Waals surface area contributed by atoms with Crippen molar-refractivity contribution < 1.29 is 24.2 Å². The molecule has 0 bridgehead atoms. The van der Waals surface area contributed by atoms with E-state index in [2.05, 4.69) is 15.4 Å². The molecule has 1 aromatic carbocycles. The van der Waals surface area contributed by atoms with E-state index < -0.39 is 41.1 Å². The van der Waals surface area contributed by atoms with Crippen molar-refractivity contribution in [2.75, 3.05) is 6.54 Å². The molecule has 0 saturated carbocycles. The molecule has 2 aromatic heterocycles. The van der Waals surface area contributed by atoms with Crippen LogP contribution in [0, 0.1) is 5.82 Å². The van der Waals surface area contributed by atoms with Crippen molar-refractivity contribution in [2.45, 2.75) is 26.3 Å². The molecule has 0 aliphatic rings. The van der Waals surface area contributed by atoms with Crippen LogP contribution in [-0.4, -0.2) is 43.4 Å². The average molecular weight is 440 g/mol. The Morgan fingerprint density at radius 1 is 1.16 bits per heavy atom. The second kappa shape index (κ2) is 9.38.